The lowest BCUT2D eigenvalue weighted by atomic mass is 10.1. The highest BCUT2D eigenvalue weighted by Gasteiger charge is 2.22. The van der Waals surface area contributed by atoms with E-state index in [4.69, 9.17) is 8.92 Å². The maximum Gasteiger partial charge on any atom is 0.342 e. The van der Waals surface area contributed by atoms with Gasteiger partial charge in [0.25, 0.3) is 0 Å². The minimum atomic E-state index is -3.90. The van der Waals surface area contributed by atoms with Gasteiger partial charge < -0.3 is 8.92 Å². The van der Waals surface area contributed by atoms with E-state index in [0.29, 0.717) is 5.75 Å². The van der Waals surface area contributed by atoms with Crippen LogP contribution in [0.1, 0.15) is 17.5 Å². The summed E-state index contributed by atoms with van der Waals surface area (Å²) in [5.41, 5.74) is 2.44. The SMILES string of the molecule is COc1ccccc1S(=O)(=O)Oc1ccc2c(c1)CCC2. The second kappa shape index (κ2) is 5.41. The Hall–Kier alpha value is -2.01. The third-order valence-electron chi connectivity index (χ3n) is 3.61. The van der Waals surface area contributed by atoms with Crippen LogP contribution >= 0.6 is 0 Å². The van der Waals surface area contributed by atoms with E-state index >= 15 is 0 Å². The van der Waals surface area contributed by atoms with Crippen molar-refractivity contribution >= 4 is 10.1 Å². The highest BCUT2D eigenvalue weighted by Crippen LogP contribution is 2.30. The van der Waals surface area contributed by atoms with Crippen molar-refractivity contribution in [2.24, 2.45) is 0 Å². The molecule has 0 saturated carbocycles. The van der Waals surface area contributed by atoms with Crippen molar-refractivity contribution in [3.05, 3.63) is 53.6 Å². The number of benzene rings is 2. The van der Waals surface area contributed by atoms with E-state index in [0.717, 1.165) is 19.3 Å². The first kappa shape index (κ1) is 13.9. The Balaban J connectivity index is 1.93. The Bertz CT molecular complexity index is 766. The molecule has 0 heterocycles. The predicted molar refractivity (Wildman–Crippen MR) is 79.3 cm³/mol. The van der Waals surface area contributed by atoms with Crippen LogP contribution in [0.25, 0.3) is 0 Å². The van der Waals surface area contributed by atoms with Crippen LogP contribution in [-0.2, 0) is 23.0 Å². The lowest BCUT2D eigenvalue weighted by Gasteiger charge is -2.11. The van der Waals surface area contributed by atoms with Crippen LogP contribution in [0, 0.1) is 0 Å². The normalized spacial score (nSPS) is 13.8. The monoisotopic (exact) mass is 304 g/mol. The van der Waals surface area contributed by atoms with Crippen LogP contribution in [-0.4, -0.2) is 15.5 Å². The molecule has 0 bridgehead atoms. The summed E-state index contributed by atoms with van der Waals surface area (Å²) >= 11 is 0. The molecule has 0 amide bonds. The molecule has 110 valence electrons. The standard InChI is InChI=1S/C16H16O4S/c1-19-15-7-2-3-8-16(15)21(17,18)20-14-10-9-12-5-4-6-13(12)11-14/h2-3,7-11H,4-6H2,1H3. The zero-order valence-electron chi connectivity index (χ0n) is 11.7. The van der Waals surface area contributed by atoms with Crippen molar-refractivity contribution in [2.45, 2.75) is 24.2 Å². The molecule has 3 rings (SSSR count). The molecule has 0 saturated heterocycles. The number of methoxy groups -OCH3 is 1. The van der Waals surface area contributed by atoms with Gasteiger partial charge >= 0.3 is 10.1 Å². The highest BCUT2D eigenvalue weighted by atomic mass is 32.2. The third-order valence-corrected chi connectivity index (χ3v) is 4.90. The van der Waals surface area contributed by atoms with Gasteiger partial charge in [-0.2, -0.15) is 8.42 Å². The van der Waals surface area contributed by atoms with Gasteiger partial charge in [-0.25, -0.2) is 0 Å². The summed E-state index contributed by atoms with van der Waals surface area (Å²) in [6, 6.07) is 11.9. The van der Waals surface area contributed by atoms with Gasteiger partial charge in [0, 0.05) is 0 Å². The summed E-state index contributed by atoms with van der Waals surface area (Å²) in [6.45, 7) is 0. The zero-order chi connectivity index (χ0) is 14.9. The van der Waals surface area contributed by atoms with E-state index in [1.807, 2.05) is 12.1 Å². The second-order valence-corrected chi connectivity index (χ2v) is 6.49. The summed E-state index contributed by atoms with van der Waals surface area (Å²) < 4.78 is 35.1. The Kier molecular flexibility index (Phi) is 3.59. The molecular weight excluding hydrogens is 288 g/mol. The number of aryl methyl sites for hydroxylation is 2. The smallest absolute Gasteiger partial charge is 0.342 e. The fourth-order valence-corrected chi connectivity index (χ4v) is 3.69. The van der Waals surface area contributed by atoms with Gasteiger partial charge in [-0.1, -0.05) is 18.2 Å². The number of hydrogen-bond acceptors (Lipinski definition) is 4. The summed E-state index contributed by atoms with van der Waals surface area (Å²) in [7, 11) is -2.46. The van der Waals surface area contributed by atoms with E-state index < -0.39 is 10.1 Å². The van der Waals surface area contributed by atoms with Gasteiger partial charge in [0.2, 0.25) is 0 Å². The van der Waals surface area contributed by atoms with Gasteiger partial charge in [0.1, 0.15) is 16.4 Å². The molecule has 0 aliphatic heterocycles. The minimum Gasteiger partial charge on any atom is -0.495 e. The Labute approximate surface area is 124 Å². The van der Waals surface area contributed by atoms with Crippen LogP contribution in [0.5, 0.6) is 11.5 Å². The lowest BCUT2D eigenvalue weighted by molar-refractivity contribution is 0.398. The number of rotatable bonds is 4. The Morgan fingerprint density at radius 2 is 1.76 bits per heavy atom. The first-order chi connectivity index (χ1) is 10.1. The predicted octanol–water partition coefficient (Wildman–Crippen LogP) is 2.95. The largest absolute Gasteiger partial charge is 0.495 e. The maximum absolute atomic E-state index is 12.4. The molecule has 2 aromatic rings. The molecular formula is C16H16O4S. The third kappa shape index (κ3) is 2.74. The minimum absolute atomic E-state index is 0.0352. The van der Waals surface area contributed by atoms with Crippen LogP contribution in [0.15, 0.2) is 47.4 Å². The van der Waals surface area contributed by atoms with Gasteiger partial charge in [-0.05, 0) is 54.7 Å². The maximum atomic E-state index is 12.4. The fraction of sp³-hybridized carbons (Fsp3) is 0.250. The molecule has 21 heavy (non-hydrogen) atoms. The van der Waals surface area contributed by atoms with Gasteiger partial charge in [0.05, 0.1) is 7.11 Å². The van der Waals surface area contributed by atoms with Crippen molar-refractivity contribution in [3.63, 3.8) is 0 Å². The molecule has 0 atom stereocenters. The molecule has 2 aromatic carbocycles. The van der Waals surface area contributed by atoms with Crippen LogP contribution < -0.4 is 8.92 Å². The fourth-order valence-electron chi connectivity index (χ4n) is 2.60. The molecule has 0 fully saturated rings. The van der Waals surface area contributed by atoms with Crippen LogP contribution in [0.4, 0.5) is 0 Å². The average Bonchev–Trinajstić information content (AvgIpc) is 2.94. The molecule has 0 N–H and O–H groups in total. The summed E-state index contributed by atoms with van der Waals surface area (Å²) in [4.78, 5) is 0.0352. The van der Waals surface area contributed by atoms with Gasteiger partial charge in [-0.15, -0.1) is 0 Å². The van der Waals surface area contributed by atoms with E-state index in [9.17, 15) is 8.42 Å². The van der Waals surface area contributed by atoms with E-state index in [1.54, 1.807) is 24.3 Å². The highest BCUT2D eigenvalue weighted by molar-refractivity contribution is 7.87. The van der Waals surface area contributed by atoms with Gasteiger partial charge in [0.15, 0.2) is 0 Å². The molecule has 0 unspecified atom stereocenters. The van der Waals surface area contributed by atoms with E-state index in [-0.39, 0.29) is 10.6 Å². The lowest BCUT2D eigenvalue weighted by Crippen LogP contribution is -2.11. The first-order valence-corrected chi connectivity index (χ1v) is 8.20. The molecule has 1 aliphatic carbocycles. The quantitative estimate of drug-likeness (QED) is 0.815. The molecule has 1 aliphatic rings. The molecule has 0 spiro atoms. The molecule has 0 aromatic heterocycles. The Morgan fingerprint density at radius 1 is 1.00 bits per heavy atom. The first-order valence-electron chi connectivity index (χ1n) is 6.79. The van der Waals surface area contributed by atoms with Crippen molar-refractivity contribution < 1.29 is 17.3 Å². The summed E-state index contributed by atoms with van der Waals surface area (Å²) in [5, 5.41) is 0. The Morgan fingerprint density at radius 3 is 2.57 bits per heavy atom. The molecule has 4 nitrogen and oxygen atoms in total. The van der Waals surface area contributed by atoms with Crippen molar-refractivity contribution in [1.82, 2.24) is 0 Å². The average molecular weight is 304 g/mol. The summed E-state index contributed by atoms with van der Waals surface area (Å²) in [6.07, 6.45) is 3.13. The molecule has 5 heteroatoms. The van der Waals surface area contributed by atoms with Crippen molar-refractivity contribution in [1.29, 1.82) is 0 Å². The number of fused-ring (bicyclic) bond motifs is 1. The number of para-hydroxylation sites is 1. The van der Waals surface area contributed by atoms with Crippen LogP contribution in [0.3, 0.4) is 0 Å². The van der Waals surface area contributed by atoms with Crippen molar-refractivity contribution in [3.8, 4) is 11.5 Å². The zero-order valence-corrected chi connectivity index (χ0v) is 12.5. The second-order valence-electron chi connectivity index (χ2n) is 4.97. The van der Waals surface area contributed by atoms with Gasteiger partial charge in [-0.3, -0.25) is 0 Å². The van der Waals surface area contributed by atoms with Crippen LogP contribution in [0.2, 0.25) is 0 Å². The van der Waals surface area contributed by atoms with E-state index in [1.165, 1.54) is 24.3 Å². The number of ether oxygens (including phenoxy) is 1. The summed E-state index contributed by atoms with van der Waals surface area (Å²) in [5.74, 6) is 0.625. The number of hydrogen-bond donors (Lipinski definition) is 0. The molecule has 0 radical (unpaired) electrons. The van der Waals surface area contributed by atoms with Crippen molar-refractivity contribution in [2.75, 3.05) is 7.11 Å². The topological polar surface area (TPSA) is 52.6 Å². The van der Waals surface area contributed by atoms with E-state index in [2.05, 4.69) is 0 Å².